The number of hydrogen-bond donors (Lipinski definition) is 2. The number of benzene rings is 1. The van der Waals surface area contributed by atoms with Gasteiger partial charge in [0.25, 0.3) is 0 Å². The smallest absolute Gasteiger partial charge is 0.128 e. The molecule has 0 heterocycles. The van der Waals surface area contributed by atoms with Crippen molar-refractivity contribution >= 4 is 0 Å². The van der Waals surface area contributed by atoms with Gasteiger partial charge in [-0.3, -0.25) is 0 Å². The molecular formula is C14H24FN3. The Morgan fingerprint density at radius 3 is 2.50 bits per heavy atom. The predicted molar refractivity (Wildman–Crippen MR) is 74.0 cm³/mol. The summed E-state index contributed by atoms with van der Waals surface area (Å²) in [5.41, 5.74) is 6.37. The third-order valence-corrected chi connectivity index (χ3v) is 3.23. The van der Waals surface area contributed by atoms with Crippen molar-refractivity contribution in [3.63, 3.8) is 0 Å². The van der Waals surface area contributed by atoms with E-state index < -0.39 is 0 Å². The van der Waals surface area contributed by atoms with E-state index in [9.17, 15) is 4.39 Å². The second-order valence-corrected chi connectivity index (χ2v) is 4.29. The Balaban J connectivity index is 2.50. The molecule has 0 spiro atoms. The largest absolute Gasteiger partial charge is 0.329 e. The second kappa shape index (κ2) is 8.19. The third kappa shape index (κ3) is 4.37. The lowest BCUT2D eigenvalue weighted by atomic mass is 10.1. The van der Waals surface area contributed by atoms with Crippen molar-refractivity contribution in [1.29, 1.82) is 0 Å². The van der Waals surface area contributed by atoms with Crippen LogP contribution in [-0.2, 0) is 0 Å². The highest BCUT2D eigenvalue weighted by Crippen LogP contribution is 2.15. The van der Waals surface area contributed by atoms with Crippen molar-refractivity contribution in [2.75, 3.05) is 32.7 Å². The van der Waals surface area contributed by atoms with E-state index in [1.165, 1.54) is 6.07 Å². The fraction of sp³-hybridized carbons (Fsp3) is 0.571. The molecule has 3 N–H and O–H groups in total. The van der Waals surface area contributed by atoms with Crippen LogP contribution in [0, 0.1) is 5.82 Å². The maximum absolute atomic E-state index is 13.6. The molecule has 0 aliphatic carbocycles. The molecule has 102 valence electrons. The third-order valence-electron chi connectivity index (χ3n) is 3.23. The lowest BCUT2D eigenvalue weighted by molar-refractivity contribution is 0.296. The van der Waals surface area contributed by atoms with Gasteiger partial charge >= 0.3 is 0 Å². The molecule has 1 aromatic carbocycles. The minimum absolute atomic E-state index is 0.109. The first-order valence-electron chi connectivity index (χ1n) is 6.63. The van der Waals surface area contributed by atoms with Crippen LogP contribution in [0.4, 0.5) is 4.39 Å². The van der Waals surface area contributed by atoms with E-state index in [-0.39, 0.29) is 11.9 Å². The Morgan fingerprint density at radius 1 is 1.28 bits per heavy atom. The fourth-order valence-corrected chi connectivity index (χ4v) is 2.01. The molecule has 0 radical (unpaired) electrons. The summed E-state index contributed by atoms with van der Waals surface area (Å²) in [6.07, 6.45) is 0. The van der Waals surface area contributed by atoms with Gasteiger partial charge in [-0.25, -0.2) is 4.39 Å². The summed E-state index contributed by atoms with van der Waals surface area (Å²) in [5, 5.41) is 3.32. The number of nitrogens with one attached hydrogen (secondary N) is 1. The number of halogens is 1. The van der Waals surface area contributed by atoms with Crippen LogP contribution in [-0.4, -0.2) is 37.6 Å². The highest BCUT2D eigenvalue weighted by Gasteiger charge is 2.13. The van der Waals surface area contributed by atoms with Crippen molar-refractivity contribution in [1.82, 2.24) is 10.2 Å². The Bertz CT molecular complexity index is 340. The number of nitrogens with two attached hydrogens (primary N) is 1. The molecule has 0 aromatic heterocycles. The summed E-state index contributed by atoms with van der Waals surface area (Å²) < 4.78 is 13.6. The lowest BCUT2D eigenvalue weighted by Gasteiger charge is -2.22. The van der Waals surface area contributed by atoms with Crippen LogP contribution in [0.15, 0.2) is 24.3 Å². The Hall–Kier alpha value is -0.970. The molecule has 1 unspecified atom stereocenters. The quantitative estimate of drug-likeness (QED) is 0.742. The molecule has 1 atom stereocenters. The second-order valence-electron chi connectivity index (χ2n) is 4.29. The van der Waals surface area contributed by atoms with Crippen LogP contribution < -0.4 is 11.1 Å². The van der Waals surface area contributed by atoms with Gasteiger partial charge in [0.15, 0.2) is 0 Å². The topological polar surface area (TPSA) is 41.3 Å². The summed E-state index contributed by atoms with van der Waals surface area (Å²) in [5.74, 6) is -0.191. The van der Waals surface area contributed by atoms with Gasteiger partial charge in [0, 0.05) is 31.2 Å². The number of hydrogen-bond acceptors (Lipinski definition) is 3. The van der Waals surface area contributed by atoms with Crippen LogP contribution >= 0.6 is 0 Å². The molecular weight excluding hydrogens is 229 g/mol. The molecule has 18 heavy (non-hydrogen) atoms. The molecule has 0 amide bonds. The van der Waals surface area contributed by atoms with Gasteiger partial charge in [-0.1, -0.05) is 32.0 Å². The Kier molecular flexibility index (Phi) is 6.86. The number of nitrogens with zero attached hydrogens (tertiary/aromatic N) is 1. The zero-order valence-corrected chi connectivity index (χ0v) is 11.3. The molecule has 1 aromatic rings. The van der Waals surface area contributed by atoms with Crippen molar-refractivity contribution < 1.29 is 4.39 Å². The maximum atomic E-state index is 13.6. The van der Waals surface area contributed by atoms with Crippen LogP contribution in [0.3, 0.4) is 0 Å². The minimum Gasteiger partial charge on any atom is -0.329 e. The minimum atomic E-state index is -0.191. The van der Waals surface area contributed by atoms with E-state index in [0.29, 0.717) is 12.1 Å². The molecule has 3 nitrogen and oxygen atoms in total. The lowest BCUT2D eigenvalue weighted by Crippen LogP contribution is -2.36. The van der Waals surface area contributed by atoms with Gasteiger partial charge in [0.2, 0.25) is 0 Å². The number of rotatable bonds is 8. The van der Waals surface area contributed by atoms with Crippen LogP contribution in [0.2, 0.25) is 0 Å². The van der Waals surface area contributed by atoms with Crippen molar-refractivity contribution in [2.45, 2.75) is 19.9 Å². The summed E-state index contributed by atoms with van der Waals surface area (Å²) in [6.45, 7) is 8.52. The zero-order valence-electron chi connectivity index (χ0n) is 11.3. The maximum Gasteiger partial charge on any atom is 0.128 e. The van der Waals surface area contributed by atoms with E-state index in [1.807, 2.05) is 6.07 Å². The van der Waals surface area contributed by atoms with Gasteiger partial charge in [-0.05, 0) is 19.2 Å². The van der Waals surface area contributed by atoms with Crippen LogP contribution in [0.5, 0.6) is 0 Å². The fourth-order valence-electron chi connectivity index (χ4n) is 2.01. The molecule has 0 saturated heterocycles. The first-order chi connectivity index (χ1) is 8.72. The normalized spacial score (nSPS) is 12.9. The summed E-state index contributed by atoms with van der Waals surface area (Å²) in [7, 11) is 0. The Morgan fingerprint density at radius 2 is 1.94 bits per heavy atom. The van der Waals surface area contributed by atoms with Crippen molar-refractivity contribution in [3.8, 4) is 0 Å². The van der Waals surface area contributed by atoms with Crippen molar-refractivity contribution in [3.05, 3.63) is 35.6 Å². The molecule has 0 aliphatic rings. The van der Waals surface area contributed by atoms with Gasteiger partial charge in [-0.2, -0.15) is 0 Å². The SMILES string of the molecule is CCN(CC)CCNC(CN)c1ccccc1F. The first kappa shape index (κ1) is 15.1. The summed E-state index contributed by atoms with van der Waals surface area (Å²) >= 11 is 0. The monoisotopic (exact) mass is 253 g/mol. The zero-order chi connectivity index (χ0) is 13.4. The van der Waals surface area contributed by atoms with E-state index in [1.54, 1.807) is 12.1 Å². The highest BCUT2D eigenvalue weighted by atomic mass is 19.1. The molecule has 0 bridgehead atoms. The molecule has 0 saturated carbocycles. The molecule has 0 aliphatic heterocycles. The Labute approximate surface area is 109 Å². The van der Waals surface area contributed by atoms with Gasteiger partial charge in [-0.15, -0.1) is 0 Å². The summed E-state index contributed by atoms with van der Waals surface area (Å²) in [6, 6.07) is 6.69. The molecule has 0 fully saturated rings. The van der Waals surface area contributed by atoms with Gasteiger partial charge in [0.1, 0.15) is 5.82 Å². The van der Waals surface area contributed by atoms with E-state index in [4.69, 9.17) is 5.73 Å². The molecule has 4 heteroatoms. The highest BCUT2D eigenvalue weighted by molar-refractivity contribution is 5.21. The average Bonchev–Trinajstić information content (AvgIpc) is 2.40. The molecule has 1 rings (SSSR count). The van der Waals surface area contributed by atoms with Crippen LogP contribution in [0.25, 0.3) is 0 Å². The van der Waals surface area contributed by atoms with E-state index in [2.05, 4.69) is 24.1 Å². The van der Waals surface area contributed by atoms with E-state index >= 15 is 0 Å². The first-order valence-corrected chi connectivity index (χ1v) is 6.63. The van der Waals surface area contributed by atoms with Gasteiger partial charge in [0.05, 0.1) is 0 Å². The number of likely N-dealkylation sites (N-methyl/N-ethyl adjacent to an activating group) is 1. The van der Waals surface area contributed by atoms with E-state index in [0.717, 1.165) is 26.2 Å². The van der Waals surface area contributed by atoms with Crippen LogP contribution in [0.1, 0.15) is 25.5 Å². The van der Waals surface area contributed by atoms with Crippen molar-refractivity contribution in [2.24, 2.45) is 5.73 Å². The average molecular weight is 253 g/mol. The van der Waals surface area contributed by atoms with Gasteiger partial charge < -0.3 is 16.0 Å². The summed E-state index contributed by atoms with van der Waals surface area (Å²) in [4.78, 5) is 2.32. The predicted octanol–water partition coefficient (Wildman–Crippen LogP) is 1.76. The standard InChI is InChI=1S/C14H24FN3/c1-3-18(4-2)10-9-17-14(11-16)12-7-5-6-8-13(12)15/h5-8,14,17H,3-4,9-11,16H2,1-2H3.